The molecule has 7 heteroatoms. The minimum atomic E-state index is -0.540. The van der Waals surface area contributed by atoms with Gasteiger partial charge in [-0.05, 0) is 37.1 Å². The van der Waals surface area contributed by atoms with Crippen molar-refractivity contribution >= 4 is 33.7 Å². The summed E-state index contributed by atoms with van der Waals surface area (Å²) in [6.07, 6.45) is 1.35. The van der Waals surface area contributed by atoms with Crippen LogP contribution in [0.2, 0.25) is 0 Å². The smallest absolute Gasteiger partial charge is 0.328 e. The SMILES string of the molecule is COC(=O)C1CCCN1C(=O)CNC(=O)c1ccc(Br)cc1. The van der Waals surface area contributed by atoms with Crippen molar-refractivity contribution in [2.45, 2.75) is 18.9 Å². The maximum Gasteiger partial charge on any atom is 0.328 e. The number of nitrogens with zero attached hydrogens (tertiary/aromatic N) is 1. The molecule has 0 aromatic heterocycles. The number of halogens is 1. The molecule has 1 aromatic rings. The Labute approximate surface area is 136 Å². The number of likely N-dealkylation sites (tertiary alicyclic amines) is 1. The summed E-state index contributed by atoms with van der Waals surface area (Å²) >= 11 is 3.29. The summed E-state index contributed by atoms with van der Waals surface area (Å²) in [5.41, 5.74) is 0.474. The lowest BCUT2D eigenvalue weighted by Gasteiger charge is -2.22. The van der Waals surface area contributed by atoms with Crippen molar-refractivity contribution in [2.75, 3.05) is 20.2 Å². The number of methoxy groups -OCH3 is 1. The van der Waals surface area contributed by atoms with E-state index >= 15 is 0 Å². The van der Waals surface area contributed by atoms with E-state index in [0.717, 1.165) is 10.9 Å². The number of carbonyl (C=O) groups excluding carboxylic acids is 3. The molecule has 1 unspecified atom stereocenters. The number of esters is 1. The van der Waals surface area contributed by atoms with Gasteiger partial charge >= 0.3 is 5.97 Å². The Hall–Kier alpha value is -1.89. The lowest BCUT2D eigenvalue weighted by molar-refractivity contribution is -0.150. The second-order valence-corrected chi connectivity index (χ2v) is 5.87. The first kappa shape index (κ1) is 16.5. The normalized spacial score (nSPS) is 17.2. The Morgan fingerprint density at radius 3 is 2.64 bits per heavy atom. The number of benzene rings is 1. The van der Waals surface area contributed by atoms with Crippen LogP contribution < -0.4 is 5.32 Å². The van der Waals surface area contributed by atoms with E-state index in [9.17, 15) is 14.4 Å². The molecule has 22 heavy (non-hydrogen) atoms. The molecule has 0 spiro atoms. The van der Waals surface area contributed by atoms with Gasteiger partial charge in [0.2, 0.25) is 5.91 Å². The minimum absolute atomic E-state index is 0.137. The van der Waals surface area contributed by atoms with Crippen LogP contribution in [0.25, 0.3) is 0 Å². The monoisotopic (exact) mass is 368 g/mol. The van der Waals surface area contributed by atoms with Crippen LogP contribution >= 0.6 is 15.9 Å². The summed E-state index contributed by atoms with van der Waals surface area (Å²) in [7, 11) is 1.30. The van der Waals surface area contributed by atoms with E-state index in [1.807, 2.05) is 0 Å². The summed E-state index contributed by atoms with van der Waals surface area (Å²) in [6.45, 7) is 0.370. The van der Waals surface area contributed by atoms with Gasteiger partial charge in [-0.25, -0.2) is 4.79 Å². The van der Waals surface area contributed by atoms with Crippen LogP contribution in [0.15, 0.2) is 28.7 Å². The maximum atomic E-state index is 12.2. The van der Waals surface area contributed by atoms with Gasteiger partial charge < -0.3 is 15.0 Å². The summed E-state index contributed by atoms with van der Waals surface area (Å²) in [5, 5.41) is 2.58. The van der Waals surface area contributed by atoms with Crippen LogP contribution in [-0.2, 0) is 14.3 Å². The van der Waals surface area contributed by atoms with Crippen molar-refractivity contribution in [2.24, 2.45) is 0 Å². The molecule has 1 aliphatic heterocycles. The maximum absolute atomic E-state index is 12.2. The van der Waals surface area contributed by atoms with Crippen LogP contribution in [0, 0.1) is 0 Å². The zero-order chi connectivity index (χ0) is 16.1. The molecular formula is C15H17BrN2O4. The first-order chi connectivity index (χ1) is 10.5. The van der Waals surface area contributed by atoms with E-state index in [4.69, 9.17) is 4.74 Å². The van der Waals surface area contributed by atoms with Gasteiger partial charge in [-0.15, -0.1) is 0 Å². The molecule has 0 radical (unpaired) electrons. The van der Waals surface area contributed by atoms with Gasteiger partial charge in [0.1, 0.15) is 6.04 Å². The lowest BCUT2D eigenvalue weighted by Crippen LogP contribution is -2.45. The molecule has 1 aromatic carbocycles. The van der Waals surface area contributed by atoms with Gasteiger partial charge in [-0.1, -0.05) is 15.9 Å². The molecule has 0 aliphatic carbocycles. The van der Waals surface area contributed by atoms with Crippen LogP contribution in [0.3, 0.4) is 0 Å². The first-order valence-corrected chi connectivity index (χ1v) is 7.73. The highest BCUT2D eigenvalue weighted by Gasteiger charge is 2.34. The van der Waals surface area contributed by atoms with Gasteiger partial charge in [-0.2, -0.15) is 0 Å². The molecule has 1 fully saturated rings. The predicted molar refractivity (Wildman–Crippen MR) is 83.2 cm³/mol. The quantitative estimate of drug-likeness (QED) is 0.813. The van der Waals surface area contributed by atoms with Gasteiger partial charge in [0.25, 0.3) is 5.91 Å². The Kier molecular flexibility index (Phi) is 5.54. The highest BCUT2D eigenvalue weighted by Crippen LogP contribution is 2.18. The van der Waals surface area contributed by atoms with Crippen LogP contribution in [0.5, 0.6) is 0 Å². The third-order valence-corrected chi connectivity index (χ3v) is 4.08. The Balaban J connectivity index is 1.90. The number of nitrogens with one attached hydrogen (secondary N) is 1. The summed E-state index contributed by atoms with van der Waals surface area (Å²) in [4.78, 5) is 37.2. The first-order valence-electron chi connectivity index (χ1n) is 6.94. The number of hydrogen-bond acceptors (Lipinski definition) is 4. The molecular weight excluding hydrogens is 352 g/mol. The summed E-state index contributed by atoms with van der Waals surface area (Å²) < 4.78 is 5.57. The van der Waals surface area contributed by atoms with E-state index in [-0.39, 0.29) is 18.4 Å². The lowest BCUT2D eigenvalue weighted by atomic mass is 10.2. The third kappa shape index (κ3) is 3.85. The molecule has 1 heterocycles. The average molecular weight is 369 g/mol. The van der Waals surface area contributed by atoms with Gasteiger partial charge in [0.05, 0.1) is 13.7 Å². The topological polar surface area (TPSA) is 75.7 Å². The molecule has 1 atom stereocenters. The molecule has 2 amide bonds. The zero-order valence-electron chi connectivity index (χ0n) is 12.2. The van der Waals surface area contributed by atoms with Crippen LogP contribution in [0.4, 0.5) is 0 Å². The standard InChI is InChI=1S/C15H17BrN2O4/c1-22-15(21)12-3-2-8-18(12)13(19)9-17-14(20)10-4-6-11(16)7-5-10/h4-7,12H,2-3,8-9H2,1H3,(H,17,20). The minimum Gasteiger partial charge on any atom is -0.467 e. The van der Waals surface area contributed by atoms with Crippen molar-refractivity contribution < 1.29 is 19.1 Å². The largest absolute Gasteiger partial charge is 0.467 e. The molecule has 2 rings (SSSR count). The van der Waals surface area contributed by atoms with E-state index < -0.39 is 12.0 Å². The molecule has 0 saturated carbocycles. The van der Waals surface area contributed by atoms with Crippen LogP contribution in [-0.4, -0.2) is 48.9 Å². The number of amides is 2. The molecule has 1 N–H and O–H groups in total. The summed E-state index contributed by atoms with van der Waals surface area (Å²) in [5.74, 6) is -1.02. The van der Waals surface area contributed by atoms with Crippen molar-refractivity contribution in [3.8, 4) is 0 Å². The number of hydrogen-bond donors (Lipinski definition) is 1. The molecule has 1 saturated heterocycles. The Bertz CT molecular complexity index is 573. The predicted octanol–water partition coefficient (Wildman–Crippen LogP) is 1.34. The van der Waals surface area contributed by atoms with E-state index in [2.05, 4.69) is 21.2 Å². The fraction of sp³-hybridized carbons (Fsp3) is 0.400. The zero-order valence-corrected chi connectivity index (χ0v) is 13.8. The number of ether oxygens (including phenoxy) is 1. The second kappa shape index (κ2) is 7.40. The van der Waals surface area contributed by atoms with Gasteiger partial charge in [-0.3, -0.25) is 9.59 Å². The van der Waals surface area contributed by atoms with Gasteiger partial charge in [0.15, 0.2) is 0 Å². The number of rotatable bonds is 4. The van der Waals surface area contributed by atoms with Crippen LogP contribution in [0.1, 0.15) is 23.2 Å². The number of carbonyl (C=O) groups is 3. The summed E-state index contributed by atoms with van der Waals surface area (Å²) in [6, 6.07) is 6.30. The van der Waals surface area contributed by atoms with Crippen molar-refractivity contribution in [3.63, 3.8) is 0 Å². The van der Waals surface area contributed by atoms with Crippen molar-refractivity contribution in [3.05, 3.63) is 34.3 Å². The fourth-order valence-electron chi connectivity index (χ4n) is 2.41. The molecule has 118 valence electrons. The average Bonchev–Trinajstić information content (AvgIpc) is 3.01. The van der Waals surface area contributed by atoms with E-state index in [0.29, 0.717) is 18.5 Å². The molecule has 0 bridgehead atoms. The fourth-order valence-corrected chi connectivity index (χ4v) is 2.67. The van der Waals surface area contributed by atoms with E-state index in [1.54, 1.807) is 24.3 Å². The third-order valence-electron chi connectivity index (χ3n) is 3.55. The second-order valence-electron chi connectivity index (χ2n) is 4.96. The molecule has 6 nitrogen and oxygen atoms in total. The van der Waals surface area contributed by atoms with Gasteiger partial charge in [0, 0.05) is 16.6 Å². The Morgan fingerprint density at radius 1 is 1.32 bits per heavy atom. The van der Waals surface area contributed by atoms with Crippen molar-refractivity contribution in [1.29, 1.82) is 0 Å². The highest BCUT2D eigenvalue weighted by molar-refractivity contribution is 9.10. The Morgan fingerprint density at radius 2 is 2.00 bits per heavy atom. The van der Waals surface area contributed by atoms with Crippen molar-refractivity contribution in [1.82, 2.24) is 10.2 Å². The van der Waals surface area contributed by atoms with E-state index in [1.165, 1.54) is 12.0 Å². The highest BCUT2D eigenvalue weighted by atomic mass is 79.9. The molecule has 1 aliphatic rings.